The summed E-state index contributed by atoms with van der Waals surface area (Å²) in [4.78, 5) is 23.5. The monoisotopic (exact) mass is 245 g/mol. The van der Waals surface area contributed by atoms with Crippen LogP contribution in [0.3, 0.4) is 0 Å². The summed E-state index contributed by atoms with van der Waals surface area (Å²) in [6.45, 7) is 0.525. The molecule has 2 aromatic heterocycles. The van der Waals surface area contributed by atoms with E-state index in [1.54, 1.807) is 18.3 Å². The quantitative estimate of drug-likeness (QED) is 0.818. The van der Waals surface area contributed by atoms with E-state index in [1.807, 2.05) is 6.07 Å². The Hall–Kier alpha value is -1.91. The molecule has 1 unspecified atom stereocenters. The number of hydrogen-bond acceptors (Lipinski definition) is 3. The molecule has 0 N–H and O–H groups in total. The second-order valence-electron chi connectivity index (χ2n) is 4.78. The molecule has 1 atom stereocenters. The van der Waals surface area contributed by atoms with Crippen LogP contribution in [0.25, 0.3) is 5.65 Å². The van der Waals surface area contributed by atoms with Crippen LogP contribution in [0.4, 0.5) is 0 Å². The Kier molecular flexibility index (Phi) is 2.74. The van der Waals surface area contributed by atoms with E-state index in [4.69, 9.17) is 0 Å². The Labute approximate surface area is 104 Å². The molecule has 0 amide bonds. The summed E-state index contributed by atoms with van der Waals surface area (Å²) < 4.78 is 2.98. The van der Waals surface area contributed by atoms with Crippen LogP contribution in [0.1, 0.15) is 25.7 Å². The Morgan fingerprint density at radius 2 is 2.22 bits per heavy atom. The molecular formula is C13H15N3O2. The van der Waals surface area contributed by atoms with Crippen LogP contribution < -0.4 is 5.69 Å². The molecule has 0 bridgehead atoms. The lowest BCUT2D eigenvalue weighted by Gasteiger charge is -2.05. The molecule has 2 heterocycles. The van der Waals surface area contributed by atoms with Crippen molar-refractivity contribution >= 4 is 11.4 Å². The lowest BCUT2D eigenvalue weighted by atomic mass is 10.0. The first-order chi connectivity index (χ1) is 8.75. The van der Waals surface area contributed by atoms with Gasteiger partial charge in [-0.15, -0.1) is 5.10 Å². The Bertz CT molecular complexity index is 641. The highest BCUT2D eigenvalue weighted by atomic mass is 16.2. The lowest BCUT2D eigenvalue weighted by molar-refractivity contribution is -0.120. The largest absolute Gasteiger partial charge is 0.350 e. The maximum Gasteiger partial charge on any atom is 0.350 e. The zero-order valence-electron chi connectivity index (χ0n) is 10.1. The number of Topliss-reactive ketones (excluding diaryl/α,β-unsaturated/α-hetero) is 1. The second kappa shape index (κ2) is 4.40. The van der Waals surface area contributed by atoms with Crippen molar-refractivity contribution in [3.05, 3.63) is 34.9 Å². The van der Waals surface area contributed by atoms with Gasteiger partial charge < -0.3 is 0 Å². The van der Waals surface area contributed by atoms with Crippen LogP contribution in [-0.4, -0.2) is 20.0 Å². The molecule has 5 heteroatoms. The molecule has 94 valence electrons. The predicted octanol–water partition coefficient (Wildman–Crippen LogP) is 1.26. The SMILES string of the molecule is O=C1CCCC1CCn1nc2ccccn2c1=O. The normalized spacial score (nSPS) is 19.8. The average molecular weight is 245 g/mol. The Morgan fingerprint density at radius 1 is 1.33 bits per heavy atom. The van der Waals surface area contributed by atoms with Crippen LogP contribution in [-0.2, 0) is 11.3 Å². The summed E-state index contributed by atoms with van der Waals surface area (Å²) in [5, 5.41) is 4.25. The first-order valence-electron chi connectivity index (χ1n) is 6.32. The van der Waals surface area contributed by atoms with Crippen molar-refractivity contribution in [3.8, 4) is 0 Å². The van der Waals surface area contributed by atoms with Crippen LogP contribution in [0.15, 0.2) is 29.2 Å². The third-order valence-electron chi connectivity index (χ3n) is 3.61. The van der Waals surface area contributed by atoms with Crippen LogP contribution in [0.5, 0.6) is 0 Å². The summed E-state index contributed by atoms with van der Waals surface area (Å²) in [7, 11) is 0. The van der Waals surface area contributed by atoms with Crippen molar-refractivity contribution in [1.82, 2.24) is 14.2 Å². The van der Waals surface area contributed by atoms with Gasteiger partial charge in [-0.25, -0.2) is 9.48 Å². The number of nitrogens with zero attached hydrogens (tertiary/aromatic N) is 3. The molecule has 18 heavy (non-hydrogen) atoms. The van der Waals surface area contributed by atoms with Gasteiger partial charge >= 0.3 is 5.69 Å². The molecule has 5 nitrogen and oxygen atoms in total. The van der Waals surface area contributed by atoms with Crippen molar-refractivity contribution in [3.63, 3.8) is 0 Å². The summed E-state index contributed by atoms with van der Waals surface area (Å²) in [6.07, 6.45) is 5.08. The van der Waals surface area contributed by atoms with Gasteiger partial charge in [0.2, 0.25) is 0 Å². The number of aryl methyl sites for hydroxylation is 1. The van der Waals surface area contributed by atoms with Crippen LogP contribution in [0.2, 0.25) is 0 Å². The highest BCUT2D eigenvalue weighted by Gasteiger charge is 2.24. The van der Waals surface area contributed by atoms with Gasteiger partial charge in [-0.05, 0) is 31.4 Å². The molecule has 1 fully saturated rings. The molecule has 0 saturated heterocycles. The fourth-order valence-corrected chi connectivity index (χ4v) is 2.59. The fourth-order valence-electron chi connectivity index (χ4n) is 2.59. The third-order valence-corrected chi connectivity index (χ3v) is 3.61. The first-order valence-corrected chi connectivity index (χ1v) is 6.32. The minimum Gasteiger partial charge on any atom is -0.299 e. The van der Waals surface area contributed by atoms with E-state index >= 15 is 0 Å². The standard InChI is InChI=1S/C13H15N3O2/c17-11-5-3-4-10(11)7-9-16-13(18)15-8-2-1-6-12(15)14-16/h1-2,6,8,10H,3-5,7,9H2. The summed E-state index contributed by atoms with van der Waals surface area (Å²) in [6, 6.07) is 5.46. The third kappa shape index (κ3) is 1.85. The fraction of sp³-hybridized carbons (Fsp3) is 0.462. The number of carbonyl (C=O) groups is 1. The zero-order valence-corrected chi connectivity index (χ0v) is 10.1. The van der Waals surface area contributed by atoms with Crippen LogP contribution >= 0.6 is 0 Å². The predicted molar refractivity (Wildman–Crippen MR) is 66.4 cm³/mol. The minimum atomic E-state index is -0.129. The van der Waals surface area contributed by atoms with Crippen molar-refractivity contribution in [1.29, 1.82) is 0 Å². The molecule has 0 aromatic carbocycles. The number of hydrogen-bond donors (Lipinski definition) is 0. The van der Waals surface area contributed by atoms with E-state index in [9.17, 15) is 9.59 Å². The van der Waals surface area contributed by atoms with Crippen molar-refractivity contribution < 1.29 is 4.79 Å². The highest BCUT2D eigenvalue weighted by molar-refractivity contribution is 5.82. The number of pyridine rings is 1. The topological polar surface area (TPSA) is 56.4 Å². The number of ketones is 1. The van der Waals surface area contributed by atoms with Crippen molar-refractivity contribution in [2.45, 2.75) is 32.2 Å². The zero-order chi connectivity index (χ0) is 12.5. The molecule has 0 aliphatic heterocycles. The number of rotatable bonds is 3. The molecule has 0 spiro atoms. The van der Waals surface area contributed by atoms with E-state index in [0.717, 1.165) is 19.3 Å². The van der Waals surface area contributed by atoms with E-state index in [1.165, 1.54) is 9.08 Å². The molecule has 1 saturated carbocycles. The van der Waals surface area contributed by atoms with Gasteiger partial charge in [0.25, 0.3) is 0 Å². The summed E-state index contributed by atoms with van der Waals surface area (Å²) in [5.41, 5.74) is 0.524. The average Bonchev–Trinajstić information content (AvgIpc) is 2.92. The molecule has 0 radical (unpaired) electrons. The second-order valence-corrected chi connectivity index (χ2v) is 4.78. The van der Waals surface area contributed by atoms with Gasteiger partial charge in [0.15, 0.2) is 5.65 Å². The molecule has 3 rings (SSSR count). The minimum absolute atomic E-state index is 0.127. The van der Waals surface area contributed by atoms with Gasteiger partial charge in [0.05, 0.1) is 0 Å². The Morgan fingerprint density at radius 3 is 2.94 bits per heavy atom. The number of fused-ring (bicyclic) bond motifs is 1. The first kappa shape index (κ1) is 11.2. The van der Waals surface area contributed by atoms with Gasteiger partial charge in [-0.1, -0.05) is 6.07 Å². The van der Waals surface area contributed by atoms with Gasteiger partial charge in [0.1, 0.15) is 5.78 Å². The van der Waals surface area contributed by atoms with Crippen molar-refractivity contribution in [2.75, 3.05) is 0 Å². The maximum atomic E-state index is 12.0. The molecule has 1 aliphatic rings. The number of carbonyl (C=O) groups excluding carboxylic acids is 1. The summed E-state index contributed by atoms with van der Waals surface area (Å²) in [5.74, 6) is 0.466. The highest BCUT2D eigenvalue weighted by Crippen LogP contribution is 2.24. The molecular weight excluding hydrogens is 230 g/mol. The van der Waals surface area contributed by atoms with Gasteiger partial charge in [-0.3, -0.25) is 9.20 Å². The van der Waals surface area contributed by atoms with E-state index < -0.39 is 0 Å². The summed E-state index contributed by atoms with van der Waals surface area (Å²) >= 11 is 0. The number of aromatic nitrogens is 3. The van der Waals surface area contributed by atoms with E-state index in [2.05, 4.69) is 5.10 Å². The van der Waals surface area contributed by atoms with E-state index in [-0.39, 0.29) is 11.6 Å². The Balaban J connectivity index is 1.80. The van der Waals surface area contributed by atoms with Gasteiger partial charge in [-0.2, -0.15) is 0 Å². The lowest BCUT2D eigenvalue weighted by Crippen LogP contribution is -2.23. The maximum absolute atomic E-state index is 12.0. The van der Waals surface area contributed by atoms with E-state index in [0.29, 0.717) is 24.4 Å². The van der Waals surface area contributed by atoms with Gasteiger partial charge in [0, 0.05) is 25.1 Å². The molecule has 2 aromatic rings. The van der Waals surface area contributed by atoms with Crippen LogP contribution in [0, 0.1) is 5.92 Å². The van der Waals surface area contributed by atoms with Crippen molar-refractivity contribution in [2.24, 2.45) is 5.92 Å². The smallest absolute Gasteiger partial charge is 0.299 e. The molecule has 1 aliphatic carbocycles.